The Labute approximate surface area is 129 Å². The van der Waals surface area contributed by atoms with Gasteiger partial charge >= 0.3 is 0 Å². The molecule has 2 fully saturated rings. The van der Waals surface area contributed by atoms with Crippen LogP contribution in [0.2, 0.25) is 0 Å². The number of carbonyl (C=O) groups is 1. The maximum absolute atomic E-state index is 12.5. The van der Waals surface area contributed by atoms with E-state index in [0.717, 1.165) is 23.7 Å². The van der Waals surface area contributed by atoms with Gasteiger partial charge in [0.1, 0.15) is 12.1 Å². The molecule has 0 atom stereocenters. The molecule has 1 saturated carbocycles. The van der Waals surface area contributed by atoms with E-state index in [9.17, 15) is 4.79 Å². The van der Waals surface area contributed by atoms with Crippen LogP contribution in [0.1, 0.15) is 24.5 Å². The van der Waals surface area contributed by atoms with Crippen LogP contribution in [0.25, 0.3) is 0 Å². The fourth-order valence-electron chi connectivity index (χ4n) is 2.89. The number of amides is 1. The van der Waals surface area contributed by atoms with E-state index in [1.165, 1.54) is 12.8 Å². The van der Waals surface area contributed by atoms with Gasteiger partial charge in [-0.3, -0.25) is 4.79 Å². The van der Waals surface area contributed by atoms with Gasteiger partial charge in [-0.25, -0.2) is 9.97 Å². The first-order valence-electron chi connectivity index (χ1n) is 7.73. The molecule has 1 saturated heterocycles. The number of benzene rings is 1. The van der Waals surface area contributed by atoms with E-state index in [1.54, 1.807) is 6.33 Å². The molecule has 112 valence electrons. The molecule has 2 aliphatic rings. The maximum Gasteiger partial charge on any atom is 0.246 e. The van der Waals surface area contributed by atoms with Crippen LogP contribution in [-0.2, 0) is 4.79 Å². The van der Waals surface area contributed by atoms with Gasteiger partial charge in [-0.1, -0.05) is 18.2 Å². The Morgan fingerprint density at radius 2 is 1.86 bits per heavy atom. The number of rotatable bonds is 3. The molecule has 5 nitrogen and oxygen atoms in total. The van der Waals surface area contributed by atoms with Crippen LogP contribution < -0.4 is 9.80 Å². The van der Waals surface area contributed by atoms with Crippen molar-refractivity contribution in [3.05, 3.63) is 48.4 Å². The first kappa shape index (κ1) is 13.2. The number of para-hydroxylation sites is 1. The fourth-order valence-corrected chi connectivity index (χ4v) is 2.89. The average molecular weight is 294 g/mol. The summed E-state index contributed by atoms with van der Waals surface area (Å²) < 4.78 is 0. The van der Waals surface area contributed by atoms with Gasteiger partial charge in [-0.2, -0.15) is 0 Å². The van der Waals surface area contributed by atoms with Crippen LogP contribution in [0, 0.1) is 0 Å². The Morgan fingerprint density at radius 3 is 2.59 bits per heavy atom. The zero-order chi connectivity index (χ0) is 14.9. The molecule has 4 rings (SSSR count). The summed E-state index contributed by atoms with van der Waals surface area (Å²) in [5, 5.41) is 0. The lowest BCUT2D eigenvalue weighted by Gasteiger charge is -2.35. The predicted molar refractivity (Wildman–Crippen MR) is 85.0 cm³/mol. The minimum Gasteiger partial charge on any atom is -0.345 e. The highest BCUT2D eigenvalue weighted by Gasteiger charge is 2.28. The van der Waals surface area contributed by atoms with Gasteiger partial charge in [-0.15, -0.1) is 0 Å². The van der Waals surface area contributed by atoms with E-state index < -0.39 is 0 Å². The van der Waals surface area contributed by atoms with E-state index in [-0.39, 0.29) is 5.91 Å². The zero-order valence-corrected chi connectivity index (χ0v) is 12.4. The van der Waals surface area contributed by atoms with Crippen molar-refractivity contribution in [1.82, 2.24) is 9.97 Å². The van der Waals surface area contributed by atoms with Crippen molar-refractivity contribution in [3.8, 4) is 0 Å². The molecule has 1 aromatic carbocycles. The molecule has 5 heteroatoms. The topological polar surface area (TPSA) is 49.3 Å². The summed E-state index contributed by atoms with van der Waals surface area (Å²) in [6.07, 6.45) is 4.06. The van der Waals surface area contributed by atoms with Crippen molar-refractivity contribution in [1.29, 1.82) is 0 Å². The lowest BCUT2D eigenvalue weighted by molar-refractivity contribution is -0.117. The summed E-state index contributed by atoms with van der Waals surface area (Å²) >= 11 is 0. The van der Waals surface area contributed by atoms with Gasteiger partial charge in [-0.05, 0) is 25.0 Å². The molecule has 2 heterocycles. The molecule has 22 heavy (non-hydrogen) atoms. The highest BCUT2D eigenvalue weighted by atomic mass is 16.2. The van der Waals surface area contributed by atoms with E-state index >= 15 is 0 Å². The third-order valence-corrected chi connectivity index (χ3v) is 4.28. The molecule has 1 aromatic heterocycles. The zero-order valence-electron chi connectivity index (χ0n) is 12.4. The van der Waals surface area contributed by atoms with Gasteiger partial charge in [0, 0.05) is 36.5 Å². The molecule has 0 bridgehead atoms. The lowest BCUT2D eigenvalue weighted by atomic mass is 10.2. The second-order valence-corrected chi connectivity index (χ2v) is 5.88. The van der Waals surface area contributed by atoms with Crippen molar-refractivity contribution in [2.75, 3.05) is 29.4 Å². The van der Waals surface area contributed by atoms with Crippen LogP contribution >= 0.6 is 0 Å². The Balaban J connectivity index is 1.50. The number of aromatic nitrogens is 2. The van der Waals surface area contributed by atoms with Crippen LogP contribution in [0.15, 0.2) is 42.7 Å². The molecule has 1 amide bonds. The van der Waals surface area contributed by atoms with Crippen LogP contribution in [0.5, 0.6) is 0 Å². The van der Waals surface area contributed by atoms with Crippen LogP contribution in [-0.4, -0.2) is 35.5 Å². The SMILES string of the molecule is O=C1CN(c2cc(C3CC3)ncn2)CCN1c1ccccc1. The summed E-state index contributed by atoms with van der Waals surface area (Å²) in [6, 6.07) is 11.9. The minimum absolute atomic E-state index is 0.115. The second-order valence-electron chi connectivity index (χ2n) is 5.88. The van der Waals surface area contributed by atoms with Crippen LogP contribution in [0.3, 0.4) is 0 Å². The number of piperazine rings is 1. The highest BCUT2D eigenvalue weighted by molar-refractivity contribution is 5.97. The van der Waals surface area contributed by atoms with Crippen LogP contribution in [0.4, 0.5) is 11.5 Å². The molecule has 0 spiro atoms. The number of nitrogens with zero attached hydrogens (tertiary/aromatic N) is 4. The number of carbonyl (C=O) groups excluding carboxylic acids is 1. The fraction of sp³-hybridized carbons (Fsp3) is 0.353. The average Bonchev–Trinajstić information content (AvgIpc) is 3.41. The Kier molecular flexibility index (Phi) is 3.25. The smallest absolute Gasteiger partial charge is 0.246 e. The standard InChI is InChI=1S/C17H18N4O/c22-17-11-20(8-9-21(17)14-4-2-1-3-5-14)16-10-15(13-6-7-13)18-12-19-16/h1-5,10,12-13H,6-9,11H2. The molecule has 0 N–H and O–H groups in total. The quantitative estimate of drug-likeness (QED) is 0.871. The molecule has 1 aliphatic heterocycles. The number of hydrogen-bond acceptors (Lipinski definition) is 4. The molecular weight excluding hydrogens is 276 g/mol. The molecule has 0 unspecified atom stereocenters. The first-order chi connectivity index (χ1) is 10.8. The molecule has 1 aliphatic carbocycles. The third-order valence-electron chi connectivity index (χ3n) is 4.28. The van der Waals surface area contributed by atoms with Gasteiger partial charge in [0.2, 0.25) is 5.91 Å². The van der Waals surface area contributed by atoms with Gasteiger partial charge in [0.15, 0.2) is 0 Å². The third kappa shape index (κ3) is 2.54. The van der Waals surface area contributed by atoms with E-state index in [0.29, 0.717) is 19.0 Å². The monoisotopic (exact) mass is 294 g/mol. The van der Waals surface area contributed by atoms with Crippen molar-refractivity contribution in [2.45, 2.75) is 18.8 Å². The summed E-state index contributed by atoms with van der Waals surface area (Å²) in [6.45, 7) is 1.85. The highest BCUT2D eigenvalue weighted by Crippen LogP contribution is 2.39. The summed E-state index contributed by atoms with van der Waals surface area (Å²) in [7, 11) is 0. The number of hydrogen-bond donors (Lipinski definition) is 0. The Morgan fingerprint density at radius 1 is 1.05 bits per heavy atom. The van der Waals surface area contributed by atoms with E-state index in [2.05, 4.69) is 14.9 Å². The largest absolute Gasteiger partial charge is 0.345 e. The maximum atomic E-state index is 12.5. The second kappa shape index (κ2) is 5.40. The van der Waals surface area contributed by atoms with E-state index in [1.807, 2.05) is 41.3 Å². The molecular formula is C17H18N4O. The van der Waals surface area contributed by atoms with Gasteiger partial charge < -0.3 is 9.80 Å². The normalized spacial score (nSPS) is 18.6. The van der Waals surface area contributed by atoms with Gasteiger partial charge in [0.25, 0.3) is 0 Å². The van der Waals surface area contributed by atoms with E-state index in [4.69, 9.17) is 0 Å². The summed E-state index contributed by atoms with van der Waals surface area (Å²) in [5.74, 6) is 1.59. The molecule has 0 radical (unpaired) electrons. The predicted octanol–water partition coefficient (Wildman–Crippen LogP) is 2.21. The minimum atomic E-state index is 0.115. The van der Waals surface area contributed by atoms with Gasteiger partial charge in [0.05, 0.1) is 6.54 Å². The Hall–Kier alpha value is -2.43. The van der Waals surface area contributed by atoms with Crippen molar-refractivity contribution >= 4 is 17.4 Å². The first-order valence-corrected chi connectivity index (χ1v) is 7.73. The van der Waals surface area contributed by atoms with Crippen molar-refractivity contribution in [2.24, 2.45) is 0 Å². The Bertz CT molecular complexity index is 684. The molecule has 2 aromatic rings. The lowest BCUT2D eigenvalue weighted by Crippen LogP contribution is -2.51. The summed E-state index contributed by atoms with van der Waals surface area (Å²) in [5.41, 5.74) is 2.08. The summed E-state index contributed by atoms with van der Waals surface area (Å²) in [4.78, 5) is 25.0. The van der Waals surface area contributed by atoms with Crippen molar-refractivity contribution in [3.63, 3.8) is 0 Å². The van der Waals surface area contributed by atoms with Crippen molar-refractivity contribution < 1.29 is 4.79 Å². The number of anilines is 2.